The summed E-state index contributed by atoms with van der Waals surface area (Å²) in [5, 5.41) is 10.9. The zero-order valence-corrected chi connectivity index (χ0v) is 8.21. The molecule has 0 atom stereocenters. The Morgan fingerprint density at radius 3 is 2.69 bits per heavy atom. The first kappa shape index (κ1) is 11.9. The minimum absolute atomic E-state index is 0.0463. The summed E-state index contributed by atoms with van der Waals surface area (Å²) in [6, 6.07) is 2.82. The number of ether oxygens (including phenoxy) is 1. The normalized spacial score (nSPS) is 9.69. The summed E-state index contributed by atoms with van der Waals surface area (Å²) < 4.78 is 17.4. The molecule has 8 heteroatoms. The second kappa shape index (κ2) is 4.53. The first-order chi connectivity index (χ1) is 7.47. The number of halogens is 1. The fraction of sp³-hybridized carbons (Fsp3) is 0.125. The summed E-state index contributed by atoms with van der Waals surface area (Å²) in [5.74, 6) is 4.18. The molecule has 0 heterocycles. The van der Waals surface area contributed by atoms with Crippen molar-refractivity contribution in [3.05, 3.63) is 34.1 Å². The van der Waals surface area contributed by atoms with Gasteiger partial charge < -0.3 is 4.74 Å². The number of nitrogens with two attached hydrogens (primary N) is 1. The molecule has 0 bridgehead atoms. The van der Waals surface area contributed by atoms with Crippen LogP contribution in [0.5, 0.6) is 0 Å². The molecule has 2 N–H and O–H groups in total. The van der Waals surface area contributed by atoms with Crippen LogP contribution in [0.4, 0.5) is 20.6 Å². The fourth-order valence-corrected chi connectivity index (χ4v) is 0.997. The fourth-order valence-electron chi connectivity index (χ4n) is 0.997. The van der Waals surface area contributed by atoms with Crippen LogP contribution >= 0.6 is 0 Å². The van der Waals surface area contributed by atoms with Crippen molar-refractivity contribution in [3.8, 4) is 0 Å². The van der Waals surface area contributed by atoms with E-state index in [1.807, 2.05) is 0 Å². The third kappa shape index (κ3) is 2.23. The molecule has 0 fully saturated rings. The van der Waals surface area contributed by atoms with Crippen molar-refractivity contribution in [2.24, 2.45) is 5.84 Å². The molecule has 86 valence electrons. The Bertz CT molecular complexity index is 437. The first-order valence-corrected chi connectivity index (χ1v) is 4.04. The van der Waals surface area contributed by atoms with Crippen LogP contribution in [0.25, 0.3) is 0 Å². The van der Waals surface area contributed by atoms with Crippen molar-refractivity contribution in [2.45, 2.75) is 0 Å². The third-order valence-corrected chi connectivity index (χ3v) is 1.78. The molecular weight excluding hydrogens is 221 g/mol. The Morgan fingerprint density at radius 2 is 2.25 bits per heavy atom. The number of nitrogens with zero attached hydrogens (tertiary/aromatic N) is 2. The minimum Gasteiger partial charge on any atom is -0.452 e. The molecule has 0 saturated heterocycles. The van der Waals surface area contributed by atoms with Crippen molar-refractivity contribution in [1.82, 2.24) is 0 Å². The van der Waals surface area contributed by atoms with Gasteiger partial charge in [0.1, 0.15) is 0 Å². The van der Waals surface area contributed by atoms with Gasteiger partial charge >= 0.3 is 11.8 Å². The lowest BCUT2D eigenvalue weighted by molar-refractivity contribution is -0.387. The highest BCUT2D eigenvalue weighted by atomic mass is 19.1. The molecule has 0 aromatic heterocycles. The number of nitro benzene ring substituents is 1. The standard InChI is InChI=1S/C8H8FN3O4/c1-16-8(13)11(10)5-2-3-7(12(14)15)6(9)4-5/h2-4H,10H2,1H3. The van der Waals surface area contributed by atoms with Crippen molar-refractivity contribution < 1.29 is 18.8 Å². The van der Waals surface area contributed by atoms with E-state index >= 15 is 0 Å². The van der Waals surface area contributed by atoms with Gasteiger partial charge in [-0.05, 0) is 6.07 Å². The van der Waals surface area contributed by atoms with E-state index < -0.39 is 22.5 Å². The number of rotatable bonds is 2. The molecule has 0 unspecified atom stereocenters. The summed E-state index contributed by atoms with van der Waals surface area (Å²) in [6.45, 7) is 0. The maximum atomic E-state index is 13.2. The predicted octanol–water partition coefficient (Wildman–Crippen LogP) is 1.18. The van der Waals surface area contributed by atoms with Gasteiger partial charge in [-0.1, -0.05) is 0 Å². The average molecular weight is 229 g/mol. The van der Waals surface area contributed by atoms with E-state index in [-0.39, 0.29) is 5.69 Å². The van der Waals surface area contributed by atoms with Gasteiger partial charge in [0.2, 0.25) is 5.82 Å². The monoisotopic (exact) mass is 229 g/mol. The van der Waals surface area contributed by atoms with Gasteiger partial charge in [-0.15, -0.1) is 0 Å². The molecule has 1 aromatic carbocycles. The van der Waals surface area contributed by atoms with E-state index in [2.05, 4.69) is 4.74 Å². The number of hydrazine groups is 1. The van der Waals surface area contributed by atoms with Gasteiger partial charge in [-0.25, -0.2) is 15.6 Å². The summed E-state index contributed by atoms with van der Waals surface area (Å²) in [5.41, 5.74) is -0.739. The average Bonchev–Trinajstić information content (AvgIpc) is 2.26. The summed E-state index contributed by atoms with van der Waals surface area (Å²) in [7, 11) is 1.10. The molecule has 16 heavy (non-hydrogen) atoms. The van der Waals surface area contributed by atoms with Crippen LogP contribution in [0.15, 0.2) is 18.2 Å². The summed E-state index contributed by atoms with van der Waals surface area (Å²) >= 11 is 0. The van der Waals surface area contributed by atoms with Crippen molar-refractivity contribution >= 4 is 17.5 Å². The first-order valence-electron chi connectivity index (χ1n) is 4.04. The second-order valence-electron chi connectivity index (χ2n) is 2.73. The Morgan fingerprint density at radius 1 is 1.62 bits per heavy atom. The summed E-state index contributed by atoms with van der Waals surface area (Å²) in [4.78, 5) is 20.4. The van der Waals surface area contributed by atoms with E-state index in [0.717, 1.165) is 25.3 Å². The van der Waals surface area contributed by atoms with Crippen LogP contribution in [0.2, 0.25) is 0 Å². The summed E-state index contributed by atoms with van der Waals surface area (Å²) in [6.07, 6.45) is -0.909. The lowest BCUT2D eigenvalue weighted by Gasteiger charge is -2.14. The highest BCUT2D eigenvalue weighted by Gasteiger charge is 2.18. The molecule has 0 aliphatic heterocycles. The van der Waals surface area contributed by atoms with Gasteiger partial charge in [0.15, 0.2) is 0 Å². The van der Waals surface area contributed by atoms with Gasteiger partial charge in [0.05, 0.1) is 17.7 Å². The van der Waals surface area contributed by atoms with E-state index in [4.69, 9.17) is 5.84 Å². The number of amides is 1. The largest absolute Gasteiger partial charge is 0.452 e. The van der Waals surface area contributed by atoms with Crippen LogP contribution in [-0.4, -0.2) is 18.1 Å². The third-order valence-electron chi connectivity index (χ3n) is 1.78. The van der Waals surface area contributed by atoms with E-state index in [0.29, 0.717) is 5.01 Å². The smallest absolute Gasteiger partial charge is 0.428 e. The highest BCUT2D eigenvalue weighted by molar-refractivity contribution is 5.86. The quantitative estimate of drug-likeness (QED) is 0.355. The number of hydrogen-bond acceptors (Lipinski definition) is 5. The molecule has 0 aliphatic rings. The minimum atomic E-state index is -1.08. The number of nitro groups is 1. The molecule has 0 radical (unpaired) electrons. The lowest BCUT2D eigenvalue weighted by Crippen LogP contribution is -2.37. The Hall–Kier alpha value is -2.22. The number of hydrogen-bond donors (Lipinski definition) is 1. The van der Waals surface area contributed by atoms with Crippen LogP contribution in [0, 0.1) is 15.9 Å². The number of methoxy groups -OCH3 is 1. The van der Waals surface area contributed by atoms with Gasteiger partial charge in [-0.3, -0.25) is 10.1 Å². The SMILES string of the molecule is COC(=O)N(N)c1ccc([N+](=O)[O-])c(F)c1. The number of carbonyl (C=O) groups excluding carboxylic acids is 1. The molecule has 0 saturated carbocycles. The maximum absolute atomic E-state index is 13.2. The van der Waals surface area contributed by atoms with E-state index in [1.165, 1.54) is 0 Å². The number of carbonyl (C=O) groups is 1. The number of anilines is 1. The zero-order valence-electron chi connectivity index (χ0n) is 8.21. The molecule has 1 aromatic rings. The second-order valence-corrected chi connectivity index (χ2v) is 2.73. The van der Waals surface area contributed by atoms with Gasteiger partial charge in [0, 0.05) is 12.1 Å². The molecule has 0 aliphatic carbocycles. The Labute approximate surface area is 89.3 Å². The molecule has 7 nitrogen and oxygen atoms in total. The number of benzene rings is 1. The molecule has 0 spiro atoms. The van der Waals surface area contributed by atoms with Crippen LogP contribution in [-0.2, 0) is 4.74 Å². The Balaban J connectivity index is 3.06. The lowest BCUT2D eigenvalue weighted by atomic mass is 10.2. The van der Waals surface area contributed by atoms with Crippen LogP contribution < -0.4 is 10.9 Å². The van der Waals surface area contributed by atoms with Crippen molar-refractivity contribution in [2.75, 3.05) is 12.1 Å². The molecule has 1 amide bonds. The van der Waals surface area contributed by atoms with E-state index in [1.54, 1.807) is 0 Å². The predicted molar refractivity (Wildman–Crippen MR) is 52.1 cm³/mol. The van der Waals surface area contributed by atoms with Crippen LogP contribution in [0.1, 0.15) is 0 Å². The topological polar surface area (TPSA) is 98.7 Å². The van der Waals surface area contributed by atoms with Crippen molar-refractivity contribution in [1.29, 1.82) is 0 Å². The van der Waals surface area contributed by atoms with E-state index in [9.17, 15) is 19.3 Å². The Kier molecular flexibility index (Phi) is 3.36. The highest BCUT2D eigenvalue weighted by Crippen LogP contribution is 2.22. The maximum Gasteiger partial charge on any atom is 0.428 e. The molecule has 1 rings (SSSR count). The molecular formula is C8H8FN3O4. The van der Waals surface area contributed by atoms with Crippen LogP contribution in [0.3, 0.4) is 0 Å². The van der Waals surface area contributed by atoms with Gasteiger partial charge in [0.25, 0.3) is 0 Å². The zero-order chi connectivity index (χ0) is 12.3. The van der Waals surface area contributed by atoms with Crippen molar-refractivity contribution in [3.63, 3.8) is 0 Å². The van der Waals surface area contributed by atoms with Gasteiger partial charge in [-0.2, -0.15) is 4.39 Å².